The minimum atomic E-state index is -1.51. The Hall–Kier alpha value is -4.55. The number of hydrogen-bond acceptors (Lipinski definition) is 10. The average molecular weight is 867 g/mol. The molecule has 3 aliphatic carbocycles. The van der Waals surface area contributed by atoms with Gasteiger partial charge in [-0.15, -0.1) is 0 Å². The summed E-state index contributed by atoms with van der Waals surface area (Å²) in [6.07, 6.45) is 2.49. The first-order valence-electron chi connectivity index (χ1n) is 22.1. The maximum absolute atomic E-state index is 14.4. The number of carbonyl (C=O) groups is 7. The van der Waals surface area contributed by atoms with Crippen LogP contribution < -0.4 is 27.0 Å². The van der Waals surface area contributed by atoms with Crippen LogP contribution in [0.2, 0.25) is 0 Å². The molecule has 3 saturated carbocycles. The van der Waals surface area contributed by atoms with E-state index < -0.39 is 109 Å². The lowest BCUT2D eigenvalue weighted by molar-refractivity contribution is -0.199. The fourth-order valence-electron chi connectivity index (χ4n) is 9.95. The zero-order valence-corrected chi connectivity index (χ0v) is 37.4. The van der Waals surface area contributed by atoms with Crippen LogP contribution in [0.5, 0.6) is 0 Å². The van der Waals surface area contributed by atoms with E-state index in [2.05, 4.69) is 61.1 Å². The monoisotopic (exact) mass is 866 g/mol. The van der Waals surface area contributed by atoms with Crippen molar-refractivity contribution in [1.29, 1.82) is 0 Å². The number of nitrogens with one attached hydrogen (secondary N) is 4. The highest BCUT2D eigenvalue weighted by Gasteiger charge is 2.68. The van der Waals surface area contributed by atoms with Gasteiger partial charge in [0.25, 0.3) is 0 Å². The van der Waals surface area contributed by atoms with E-state index >= 15 is 0 Å². The molecule has 0 radical (unpaired) electrons. The number of benzene rings is 1. The van der Waals surface area contributed by atoms with Crippen molar-refractivity contribution < 1.29 is 53.1 Å². The van der Waals surface area contributed by atoms with Crippen LogP contribution in [0.4, 0.5) is 0 Å². The Kier molecular flexibility index (Phi) is 15.5. The van der Waals surface area contributed by atoms with E-state index in [9.17, 15) is 38.7 Å². The summed E-state index contributed by atoms with van der Waals surface area (Å²) in [5, 5.41) is 29.3. The van der Waals surface area contributed by atoms with E-state index in [0.717, 1.165) is 24.0 Å². The molecule has 8 N–H and O–H groups in total. The highest BCUT2D eigenvalue weighted by molar-refractivity contribution is 6.48. The lowest BCUT2D eigenvalue weighted by atomic mass is 9.43. The van der Waals surface area contributed by atoms with E-state index in [1.54, 1.807) is 27.7 Å². The summed E-state index contributed by atoms with van der Waals surface area (Å²) in [6, 6.07) is 2.03. The van der Waals surface area contributed by atoms with Crippen LogP contribution in [0.15, 0.2) is 24.3 Å². The Morgan fingerprint density at radius 3 is 2.15 bits per heavy atom. The van der Waals surface area contributed by atoms with E-state index in [1.165, 1.54) is 4.90 Å². The lowest BCUT2D eigenvalue weighted by Gasteiger charge is -2.64. The molecule has 2 aliphatic heterocycles. The third-order valence-corrected chi connectivity index (χ3v) is 13.9. The van der Waals surface area contributed by atoms with Crippen molar-refractivity contribution in [2.45, 2.75) is 161 Å². The van der Waals surface area contributed by atoms with E-state index in [-0.39, 0.29) is 30.4 Å². The molecule has 2 saturated heterocycles. The van der Waals surface area contributed by atoms with Crippen molar-refractivity contribution in [3.63, 3.8) is 0 Å². The highest BCUT2D eigenvalue weighted by atomic mass is 16.7. The number of nitrogens with zero attached hydrogens (tertiary/aromatic N) is 1. The van der Waals surface area contributed by atoms with Gasteiger partial charge in [-0.2, -0.15) is 0 Å². The summed E-state index contributed by atoms with van der Waals surface area (Å²) < 4.78 is 13.5. The Labute approximate surface area is 364 Å². The van der Waals surface area contributed by atoms with Gasteiger partial charge in [-0.05, 0) is 99.0 Å². The summed E-state index contributed by atoms with van der Waals surface area (Å²) in [4.78, 5) is 92.8. The molecule has 17 nitrogen and oxygen atoms in total. The van der Waals surface area contributed by atoms with Gasteiger partial charge >= 0.3 is 19.1 Å². The number of aliphatic carboxylic acids is 2. The van der Waals surface area contributed by atoms with Crippen LogP contribution in [0.25, 0.3) is 0 Å². The zero-order valence-electron chi connectivity index (χ0n) is 37.4. The first kappa shape index (κ1) is 48.5. The van der Waals surface area contributed by atoms with Crippen molar-refractivity contribution in [3.05, 3.63) is 35.4 Å². The van der Waals surface area contributed by atoms with E-state index in [1.807, 2.05) is 12.1 Å². The number of amides is 5. The van der Waals surface area contributed by atoms with Gasteiger partial charge in [-0.1, -0.05) is 65.8 Å². The third-order valence-electron chi connectivity index (χ3n) is 13.9. The molecule has 2 bridgehead atoms. The van der Waals surface area contributed by atoms with Gasteiger partial charge in [-0.3, -0.25) is 33.6 Å². The second-order valence-electron chi connectivity index (χ2n) is 19.3. The number of rotatable bonds is 20. The van der Waals surface area contributed by atoms with Gasteiger partial charge in [0.2, 0.25) is 29.5 Å². The molecule has 5 aliphatic rings. The molecule has 62 heavy (non-hydrogen) atoms. The maximum Gasteiger partial charge on any atom is 0.481 e. The van der Waals surface area contributed by atoms with E-state index in [4.69, 9.17) is 20.1 Å². The minimum absolute atomic E-state index is 0.0851. The maximum atomic E-state index is 14.4. The van der Waals surface area contributed by atoms with Crippen LogP contribution >= 0.6 is 0 Å². The second-order valence-corrected chi connectivity index (χ2v) is 19.3. The predicted octanol–water partition coefficient (Wildman–Crippen LogP) is 2.10. The molecule has 18 heteroatoms. The second kappa shape index (κ2) is 19.9. The Balaban J connectivity index is 1.29. The first-order chi connectivity index (χ1) is 29.0. The molecule has 1 aromatic rings. The smallest absolute Gasteiger partial charge is 0.481 e. The van der Waals surface area contributed by atoms with Crippen molar-refractivity contribution in [2.75, 3.05) is 6.54 Å². The topological polar surface area (TPSA) is 256 Å². The van der Waals surface area contributed by atoms with Gasteiger partial charge in [0.15, 0.2) is 0 Å². The third kappa shape index (κ3) is 10.8. The Bertz CT molecular complexity index is 1860. The molecule has 5 fully saturated rings. The summed E-state index contributed by atoms with van der Waals surface area (Å²) in [6.45, 7) is 15.9. The summed E-state index contributed by atoms with van der Waals surface area (Å²) in [7, 11) is -0.678. The highest BCUT2D eigenvalue weighted by Crippen LogP contribution is 2.65. The Morgan fingerprint density at radius 2 is 1.53 bits per heavy atom. The molecule has 0 unspecified atom stereocenters. The number of carboxylic acids is 2. The predicted molar refractivity (Wildman–Crippen MR) is 229 cm³/mol. The number of carbonyl (C=O) groups excluding carboxylic acids is 5. The van der Waals surface area contributed by atoms with Gasteiger partial charge < -0.3 is 51.4 Å². The van der Waals surface area contributed by atoms with Crippen molar-refractivity contribution in [2.24, 2.45) is 34.8 Å². The lowest BCUT2D eigenvalue weighted by Crippen LogP contribution is -2.65. The molecule has 10 atom stereocenters. The van der Waals surface area contributed by atoms with Crippen molar-refractivity contribution >= 4 is 48.6 Å². The zero-order chi connectivity index (χ0) is 45.8. The molecule has 5 amide bonds. The van der Waals surface area contributed by atoms with Crippen molar-refractivity contribution in [3.8, 4) is 0 Å². The molecular weight excluding hydrogens is 799 g/mol. The molecule has 0 aromatic heterocycles. The van der Waals surface area contributed by atoms with E-state index in [0.29, 0.717) is 37.5 Å². The van der Waals surface area contributed by atoms with Gasteiger partial charge in [-0.25, -0.2) is 0 Å². The van der Waals surface area contributed by atoms with Gasteiger partial charge in [0.1, 0.15) is 24.2 Å². The molecular formula is C44H67BN6O11. The minimum Gasteiger partial charge on any atom is -0.481 e. The number of nitrogens with two attached hydrogens (primary N) is 1. The van der Waals surface area contributed by atoms with Gasteiger partial charge in [0.05, 0.1) is 30.1 Å². The molecule has 6 rings (SSSR count). The molecule has 1 aromatic carbocycles. The number of hydrogen-bond donors (Lipinski definition) is 7. The number of carboxylic acid groups (broad SMARTS) is 2. The van der Waals surface area contributed by atoms with Crippen LogP contribution in [-0.2, 0) is 49.3 Å². The molecule has 342 valence electrons. The first-order valence-corrected chi connectivity index (χ1v) is 22.1. The molecule has 2 heterocycles. The van der Waals surface area contributed by atoms with Crippen LogP contribution in [0, 0.1) is 36.0 Å². The quantitative estimate of drug-likeness (QED) is 0.0931. The van der Waals surface area contributed by atoms with Crippen LogP contribution in [0.1, 0.15) is 111 Å². The summed E-state index contributed by atoms with van der Waals surface area (Å²) in [5.74, 6) is -6.53. The largest absolute Gasteiger partial charge is 0.481 e. The van der Waals surface area contributed by atoms with Gasteiger partial charge in [0, 0.05) is 13.0 Å². The average Bonchev–Trinajstić information content (AvgIpc) is 3.83. The fourth-order valence-corrected chi connectivity index (χ4v) is 9.95. The number of aryl methyl sites for hydroxylation is 2. The Morgan fingerprint density at radius 1 is 0.871 bits per heavy atom. The molecule has 0 spiro atoms. The SMILES string of the molecule is Cc1ccccc1CC[C@H](NC(=O)[C@@H]1CCCN1C(=O)[C@@H](NC(=O)[C@@H](NC(=O)[C@H](CCC(=O)O)NC(=O)[C@@H](N)CC(=O)O)C(C)C)C(C)C)B1O[C@@H]2C[C@@H]3C[C@H](C3(C)C)[C@]2(C)O1. The number of likely N-dealkylation sites (tertiary alicyclic amines) is 1. The summed E-state index contributed by atoms with van der Waals surface area (Å²) in [5.41, 5.74) is 7.62. The normalized spacial score (nSPS) is 26.0. The van der Waals surface area contributed by atoms with Crippen LogP contribution in [-0.4, -0.2) is 118 Å². The van der Waals surface area contributed by atoms with Crippen LogP contribution in [0.3, 0.4) is 0 Å². The summed E-state index contributed by atoms with van der Waals surface area (Å²) >= 11 is 0. The van der Waals surface area contributed by atoms with Crippen molar-refractivity contribution in [1.82, 2.24) is 26.2 Å². The standard InChI is InChI=1S/C44H67BN6O11/c1-23(2)36(49-39(57)29(16-18-34(52)53)47-38(56)28(46)22-35(54)55)41(59)50-37(24(3)4)42(60)51-19-11-14-30(51)40(58)48-33(17-15-26-13-10-9-12-25(26)5)45-61-32-21-27-20-31(43(27,6)7)44(32,8)62-45/h9-10,12-13,23-24,27-33,36-37H,11,14-22,46H2,1-8H3,(H,47,56)(H,48,58)(H,49,57)(H,50,59)(H,52,53)(H,54,55)/t27-,28-,29-,30-,31+,32+,33-,36-,37-,44-/m0/s1. The fraction of sp³-hybridized carbons (Fsp3) is 0.705.